The molecule has 3 nitrogen and oxygen atoms in total. The third-order valence-electron chi connectivity index (χ3n) is 3.84. The Kier molecular flexibility index (Phi) is 8.38. The molecule has 2 N–H and O–H groups in total. The Morgan fingerprint density at radius 2 is 1.61 bits per heavy atom. The van der Waals surface area contributed by atoms with E-state index in [0.717, 1.165) is 17.5 Å². The van der Waals surface area contributed by atoms with Gasteiger partial charge in [-0.25, -0.2) is 0 Å². The third kappa shape index (κ3) is 5.38. The summed E-state index contributed by atoms with van der Waals surface area (Å²) in [6.07, 6.45) is 0.790. The van der Waals surface area contributed by atoms with Crippen LogP contribution >= 0.6 is 12.4 Å². The molecule has 0 spiro atoms. The van der Waals surface area contributed by atoms with Crippen molar-refractivity contribution >= 4 is 18.3 Å². The number of nitrogens with two attached hydrogens (primary N) is 1. The quantitative estimate of drug-likeness (QED) is 0.842. The zero-order valence-electron chi connectivity index (χ0n) is 13.5. The summed E-state index contributed by atoms with van der Waals surface area (Å²) >= 11 is 0. The predicted molar refractivity (Wildman–Crippen MR) is 97.6 cm³/mol. The molecule has 0 aliphatic heterocycles. The summed E-state index contributed by atoms with van der Waals surface area (Å²) in [7, 11) is 0. The highest BCUT2D eigenvalue weighted by Crippen LogP contribution is 2.22. The summed E-state index contributed by atoms with van der Waals surface area (Å²) < 4.78 is 0. The van der Waals surface area contributed by atoms with Crippen LogP contribution in [-0.2, 0) is 11.3 Å². The number of nitrogens with zero attached hydrogens (tertiary/aromatic N) is 1. The molecule has 4 heteroatoms. The Morgan fingerprint density at radius 3 is 2.13 bits per heavy atom. The summed E-state index contributed by atoms with van der Waals surface area (Å²) in [5.41, 5.74) is 7.91. The van der Waals surface area contributed by atoms with Crippen LogP contribution in [-0.4, -0.2) is 23.9 Å². The standard InChI is InChI=1S/C19H24N2O.ClH/c1-2-18(17-11-7-4-8-12-17)19(22)21(14-13-20)15-16-9-5-3-6-10-16;/h3-12,18H,2,13-15,20H2,1H3;1H. The summed E-state index contributed by atoms with van der Waals surface area (Å²) in [5, 5.41) is 0. The number of benzene rings is 2. The van der Waals surface area contributed by atoms with Crippen LogP contribution < -0.4 is 5.73 Å². The maximum absolute atomic E-state index is 12.9. The highest BCUT2D eigenvalue weighted by Gasteiger charge is 2.24. The monoisotopic (exact) mass is 332 g/mol. The van der Waals surface area contributed by atoms with Crippen LogP contribution in [0.1, 0.15) is 30.4 Å². The molecule has 0 saturated carbocycles. The van der Waals surface area contributed by atoms with Crippen LogP contribution in [0.3, 0.4) is 0 Å². The molecule has 1 atom stereocenters. The van der Waals surface area contributed by atoms with Crippen LogP contribution in [0.4, 0.5) is 0 Å². The van der Waals surface area contributed by atoms with Gasteiger partial charge in [-0.05, 0) is 17.5 Å². The average molecular weight is 333 g/mol. The van der Waals surface area contributed by atoms with Crippen molar-refractivity contribution in [2.24, 2.45) is 5.73 Å². The Balaban J connectivity index is 0.00000264. The van der Waals surface area contributed by atoms with E-state index in [0.29, 0.717) is 19.6 Å². The molecule has 0 aliphatic carbocycles. The van der Waals surface area contributed by atoms with Crippen LogP contribution in [0.5, 0.6) is 0 Å². The van der Waals surface area contributed by atoms with E-state index in [1.54, 1.807) is 0 Å². The molecule has 0 heterocycles. The molecule has 0 bridgehead atoms. The second-order valence-electron chi connectivity index (χ2n) is 5.41. The number of carbonyl (C=O) groups excluding carboxylic acids is 1. The van der Waals surface area contributed by atoms with Gasteiger partial charge in [0.1, 0.15) is 0 Å². The molecule has 2 aromatic rings. The van der Waals surface area contributed by atoms with Gasteiger partial charge in [-0.3, -0.25) is 4.79 Å². The van der Waals surface area contributed by atoms with Crippen LogP contribution in [0.25, 0.3) is 0 Å². The van der Waals surface area contributed by atoms with E-state index in [1.807, 2.05) is 65.6 Å². The van der Waals surface area contributed by atoms with E-state index >= 15 is 0 Å². The predicted octanol–water partition coefficient (Wildman–Crippen LogP) is 3.59. The lowest BCUT2D eigenvalue weighted by Crippen LogP contribution is -2.38. The van der Waals surface area contributed by atoms with Crippen LogP contribution in [0.15, 0.2) is 60.7 Å². The van der Waals surface area contributed by atoms with Gasteiger partial charge in [0.05, 0.1) is 5.92 Å². The minimum Gasteiger partial charge on any atom is -0.337 e. The van der Waals surface area contributed by atoms with Gasteiger partial charge in [0, 0.05) is 19.6 Å². The van der Waals surface area contributed by atoms with Crippen LogP contribution in [0.2, 0.25) is 0 Å². The van der Waals surface area contributed by atoms with Crippen molar-refractivity contribution < 1.29 is 4.79 Å². The number of halogens is 1. The second-order valence-corrected chi connectivity index (χ2v) is 5.41. The van der Waals surface area contributed by atoms with E-state index < -0.39 is 0 Å². The molecule has 23 heavy (non-hydrogen) atoms. The van der Waals surface area contributed by atoms with Crippen molar-refractivity contribution in [1.29, 1.82) is 0 Å². The molecule has 2 rings (SSSR count). The zero-order chi connectivity index (χ0) is 15.8. The number of hydrogen-bond donors (Lipinski definition) is 1. The molecule has 2 aromatic carbocycles. The lowest BCUT2D eigenvalue weighted by molar-refractivity contribution is -0.133. The fraction of sp³-hybridized carbons (Fsp3) is 0.316. The normalized spacial score (nSPS) is 11.4. The molecule has 1 amide bonds. The fourth-order valence-electron chi connectivity index (χ4n) is 2.69. The molecule has 0 saturated heterocycles. The van der Waals surface area contributed by atoms with Gasteiger partial charge in [0.2, 0.25) is 5.91 Å². The Bertz CT molecular complexity index is 574. The van der Waals surface area contributed by atoms with E-state index in [4.69, 9.17) is 5.73 Å². The topological polar surface area (TPSA) is 46.3 Å². The van der Waals surface area contributed by atoms with E-state index in [-0.39, 0.29) is 24.2 Å². The zero-order valence-corrected chi connectivity index (χ0v) is 14.3. The van der Waals surface area contributed by atoms with Crippen molar-refractivity contribution in [3.8, 4) is 0 Å². The maximum Gasteiger partial charge on any atom is 0.230 e. The first-order valence-electron chi connectivity index (χ1n) is 7.84. The minimum atomic E-state index is -0.100. The summed E-state index contributed by atoms with van der Waals surface area (Å²) in [6, 6.07) is 20.0. The average Bonchev–Trinajstić information content (AvgIpc) is 2.57. The SMILES string of the molecule is CCC(C(=O)N(CCN)Cc1ccccc1)c1ccccc1.Cl. The Hall–Kier alpha value is -1.84. The van der Waals surface area contributed by atoms with E-state index in [9.17, 15) is 4.79 Å². The number of rotatable bonds is 7. The van der Waals surface area contributed by atoms with Gasteiger partial charge < -0.3 is 10.6 Å². The van der Waals surface area contributed by atoms with Crippen molar-refractivity contribution in [2.75, 3.05) is 13.1 Å². The van der Waals surface area contributed by atoms with Crippen molar-refractivity contribution in [3.05, 3.63) is 71.8 Å². The van der Waals surface area contributed by atoms with Gasteiger partial charge in [-0.2, -0.15) is 0 Å². The molecule has 0 aliphatic rings. The second kappa shape index (κ2) is 10.0. The summed E-state index contributed by atoms with van der Waals surface area (Å²) in [5.74, 6) is 0.0551. The van der Waals surface area contributed by atoms with Crippen molar-refractivity contribution in [3.63, 3.8) is 0 Å². The molecule has 0 radical (unpaired) electrons. The molecular weight excluding hydrogens is 308 g/mol. The molecule has 1 unspecified atom stereocenters. The van der Waals surface area contributed by atoms with E-state index in [1.165, 1.54) is 0 Å². The number of amides is 1. The highest BCUT2D eigenvalue weighted by atomic mass is 35.5. The molecule has 124 valence electrons. The Labute approximate surface area is 144 Å². The van der Waals surface area contributed by atoms with Crippen molar-refractivity contribution in [2.45, 2.75) is 25.8 Å². The van der Waals surface area contributed by atoms with Crippen LogP contribution in [0, 0.1) is 0 Å². The largest absolute Gasteiger partial charge is 0.337 e. The van der Waals surface area contributed by atoms with Gasteiger partial charge in [-0.15, -0.1) is 12.4 Å². The first-order valence-corrected chi connectivity index (χ1v) is 7.84. The number of carbonyl (C=O) groups is 1. The lowest BCUT2D eigenvalue weighted by Gasteiger charge is -2.27. The minimum absolute atomic E-state index is 0. The smallest absolute Gasteiger partial charge is 0.230 e. The summed E-state index contributed by atoms with van der Waals surface area (Å²) in [6.45, 7) is 3.72. The molecular formula is C19H25ClN2O. The molecule has 0 aromatic heterocycles. The molecule has 0 fully saturated rings. The maximum atomic E-state index is 12.9. The van der Waals surface area contributed by atoms with Gasteiger partial charge in [0.15, 0.2) is 0 Å². The lowest BCUT2D eigenvalue weighted by atomic mass is 9.95. The third-order valence-corrected chi connectivity index (χ3v) is 3.84. The first kappa shape index (κ1) is 19.2. The summed E-state index contributed by atoms with van der Waals surface area (Å²) in [4.78, 5) is 14.8. The Morgan fingerprint density at radius 1 is 1.04 bits per heavy atom. The number of hydrogen-bond acceptors (Lipinski definition) is 2. The van der Waals surface area contributed by atoms with Gasteiger partial charge in [0.25, 0.3) is 0 Å². The fourth-order valence-corrected chi connectivity index (χ4v) is 2.69. The van der Waals surface area contributed by atoms with Crippen molar-refractivity contribution in [1.82, 2.24) is 4.90 Å². The first-order chi connectivity index (χ1) is 10.8. The highest BCUT2D eigenvalue weighted by molar-refractivity contribution is 5.85. The van der Waals surface area contributed by atoms with Gasteiger partial charge in [-0.1, -0.05) is 67.6 Å². The van der Waals surface area contributed by atoms with Gasteiger partial charge >= 0.3 is 0 Å². The van der Waals surface area contributed by atoms with E-state index in [2.05, 4.69) is 6.92 Å².